The van der Waals surface area contributed by atoms with E-state index in [1.54, 1.807) is 18.2 Å². The predicted molar refractivity (Wildman–Crippen MR) is 167 cm³/mol. The second-order valence-corrected chi connectivity index (χ2v) is 10.4. The van der Waals surface area contributed by atoms with Crippen LogP contribution in [0, 0.1) is 6.92 Å². The molecule has 0 spiro atoms. The minimum Gasteiger partial charge on any atom is -0.493 e. The number of aryl methyl sites for hydroxylation is 1. The molecule has 216 valence electrons. The summed E-state index contributed by atoms with van der Waals surface area (Å²) < 4.78 is 16.7. The summed E-state index contributed by atoms with van der Waals surface area (Å²) in [6, 6.07) is 24.9. The van der Waals surface area contributed by atoms with Crippen molar-refractivity contribution >= 4 is 50.9 Å². The van der Waals surface area contributed by atoms with Crippen molar-refractivity contribution in [3.8, 4) is 28.4 Å². The molecule has 0 saturated carbocycles. The molecular formula is C33H26BrN3O6. The van der Waals surface area contributed by atoms with Gasteiger partial charge in [-0.3, -0.25) is 9.59 Å². The number of aromatic amines is 1. The Balaban J connectivity index is 1.39. The first-order chi connectivity index (χ1) is 20.7. The van der Waals surface area contributed by atoms with E-state index in [0.717, 1.165) is 27.6 Å². The molecule has 9 nitrogen and oxygen atoms in total. The second-order valence-electron chi connectivity index (χ2n) is 9.47. The number of carbonyl (C=O) groups is 3. The molecule has 0 aliphatic rings. The van der Waals surface area contributed by atoms with E-state index in [2.05, 4.69) is 31.4 Å². The Hall–Kier alpha value is -5.22. The topological polar surface area (TPSA) is 119 Å². The molecular weight excluding hydrogens is 614 g/mol. The summed E-state index contributed by atoms with van der Waals surface area (Å²) in [5, 5.41) is 5.10. The van der Waals surface area contributed by atoms with Gasteiger partial charge in [-0.25, -0.2) is 10.2 Å². The van der Waals surface area contributed by atoms with E-state index in [9.17, 15) is 14.4 Å². The SMILES string of the molecule is COc1cc(C(=O)Oc2ccc(Br)cc2C=NNC(=O)c2[nH]c3c(C)cccc3c2-c2ccccc2)ccc1OC(C)=O. The first-order valence-electron chi connectivity index (χ1n) is 13.1. The number of methoxy groups -OCH3 is 1. The van der Waals surface area contributed by atoms with Crippen molar-refractivity contribution in [2.75, 3.05) is 7.11 Å². The molecule has 0 radical (unpaired) electrons. The zero-order valence-electron chi connectivity index (χ0n) is 23.4. The molecule has 0 atom stereocenters. The minimum atomic E-state index is -0.672. The Morgan fingerprint density at radius 3 is 2.40 bits per heavy atom. The van der Waals surface area contributed by atoms with Crippen LogP contribution < -0.4 is 19.6 Å². The number of esters is 2. The number of hydrazone groups is 1. The smallest absolute Gasteiger partial charge is 0.343 e. The number of nitrogens with zero attached hydrogens (tertiary/aromatic N) is 1. The van der Waals surface area contributed by atoms with E-state index in [1.165, 1.54) is 38.4 Å². The highest BCUT2D eigenvalue weighted by molar-refractivity contribution is 9.10. The van der Waals surface area contributed by atoms with Gasteiger partial charge < -0.3 is 19.2 Å². The lowest BCUT2D eigenvalue weighted by Gasteiger charge is -2.11. The van der Waals surface area contributed by atoms with Crippen LogP contribution >= 0.6 is 15.9 Å². The molecule has 1 heterocycles. The van der Waals surface area contributed by atoms with Gasteiger partial charge in [0.15, 0.2) is 11.5 Å². The third-order valence-electron chi connectivity index (χ3n) is 6.53. The number of ether oxygens (including phenoxy) is 3. The first kappa shape index (κ1) is 29.3. The molecule has 1 amide bonds. The van der Waals surface area contributed by atoms with Crippen LogP contribution in [0.2, 0.25) is 0 Å². The van der Waals surface area contributed by atoms with Gasteiger partial charge in [0, 0.05) is 33.4 Å². The number of para-hydroxylation sites is 1. The van der Waals surface area contributed by atoms with Crippen LogP contribution in [0.25, 0.3) is 22.0 Å². The minimum absolute atomic E-state index is 0.175. The molecule has 0 aliphatic heterocycles. The lowest BCUT2D eigenvalue weighted by molar-refractivity contribution is -0.132. The van der Waals surface area contributed by atoms with Gasteiger partial charge in [0.05, 0.1) is 18.9 Å². The van der Waals surface area contributed by atoms with Crippen molar-refractivity contribution in [3.05, 3.63) is 112 Å². The van der Waals surface area contributed by atoms with Gasteiger partial charge in [0.1, 0.15) is 11.4 Å². The van der Waals surface area contributed by atoms with E-state index < -0.39 is 17.8 Å². The average Bonchev–Trinajstić information content (AvgIpc) is 3.40. The maximum atomic E-state index is 13.4. The molecule has 43 heavy (non-hydrogen) atoms. The quantitative estimate of drug-likeness (QED) is 0.0832. The third kappa shape index (κ3) is 6.49. The monoisotopic (exact) mass is 639 g/mol. The zero-order valence-corrected chi connectivity index (χ0v) is 25.0. The summed E-state index contributed by atoms with van der Waals surface area (Å²) >= 11 is 3.42. The highest BCUT2D eigenvalue weighted by Gasteiger charge is 2.20. The Labute approximate surface area is 255 Å². The molecule has 1 aromatic heterocycles. The Morgan fingerprint density at radius 1 is 0.884 bits per heavy atom. The van der Waals surface area contributed by atoms with Crippen molar-refractivity contribution < 1.29 is 28.6 Å². The summed E-state index contributed by atoms with van der Waals surface area (Å²) in [7, 11) is 1.40. The number of rotatable bonds is 8. The number of H-pyrrole nitrogens is 1. The molecule has 0 saturated heterocycles. The second kappa shape index (κ2) is 12.7. The fraction of sp³-hybridized carbons (Fsp3) is 0.0909. The highest BCUT2D eigenvalue weighted by atomic mass is 79.9. The van der Waals surface area contributed by atoms with Gasteiger partial charge in [-0.2, -0.15) is 5.10 Å². The Bertz CT molecular complexity index is 1880. The maximum Gasteiger partial charge on any atom is 0.343 e. The van der Waals surface area contributed by atoms with Crippen LogP contribution in [0.3, 0.4) is 0 Å². The van der Waals surface area contributed by atoms with Crippen molar-refractivity contribution in [2.45, 2.75) is 13.8 Å². The summed E-state index contributed by atoms with van der Waals surface area (Å²) in [5.41, 5.74) is 7.13. The van der Waals surface area contributed by atoms with E-state index in [-0.39, 0.29) is 22.8 Å². The summed E-state index contributed by atoms with van der Waals surface area (Å²) in [4.78, 5) is 41.0. The summed E-state index contributed by atoms with van der Waals surface area (Å²) in [6.07, 6.45) is 1.39. The normalized spacial score (nSPS) is 11.0. The van der Waals surface area contributed by atoms with Gasteiger partial charge in [-0.1, -0.05) is 64.5 Å². The van der Waals surface area contributed by atoms with Crippen LogP contribution in [0.15, 0.2) is 94.5 Å². The number of nitrogens with one attached hydrogen (secondary N) is 2. The number of fused-ring (bicyclic) bond motifs is 1. The van der Waals surface area contributed by atoms with Gasteiger partial charge >= 0.3 is 11.9 Å². The molecule has 0 aliphatic carbocycles. The molecule has 5 aromatic rings. The number of aromatic nitrogens is 1. The maximum absolute atomic E-state index is 13.4. The number of halogens is 1. The van der Waals surface area contributed by atoms with Gasteiger partial charge in [0.2, 0.25) is 0 Å². The largest absolute Gasteiger partial charge is 0.493 e. The van der Waals surface area contributed by atoms with Crippen molar-refractivity contribution in [1.82, 2.24) is 10.4 Å². The van der Waals surface area contributed by atoms with Crippen LogP contribution in [-0.4, -0.2) is 36.2 Å². The molecule has 5 rings (SSSR count). The standard InChI is InChI=1S/C33H26BrN3O6/c1-19-8-7-11-25-29(21-9-5-4-6-10-21)31(36-30(19)25)32(39)37-35-18-23-16-24(34)13-15-26(23)43-33(40)22-12-14-27(42-20(2)38)28(17-22)41-3/h4-18,36H,1-3H3,(H,37,39). The van der Waals surface area contributed by atoms with E-state index >= 15 is 0 Å². The molecule has 0 fully saturated rings. The van der Waals surface area contributed by atoms with Gasteiger partial charge in [-0.05, 0) is 54.4 Å². The van der Waals surface area contributed by atoms with Crippen molar-refractivity contribution in [2.24, 2.45) is 5.10 Å². The molecule has 0 unspecified atom stereocenters. The summed E-state index contributed by atoms with van der Waals surface area (Å²) in [6.45, 7) is 3.25. The van der Waals surface area contributed by atoms with Crippen molar-refractivity contribution in [3.63, 3.8) is 0 Å². The lowest BCUT2D eigenvalue weighted by atomic mass is 10.0. The van der Waals surface area contributed by atoms with Crippen LogP contribution in [0.5, 0.6) is 17.2 Å². The number of hydrogen-bond acceptors (Lipinski definition) is 7. The summed E-state index contributed by atoms with van der Waals surface area (Å²) in [5.74, 6) is -1.03. The van der Waals surface area contributed by atoms with Gasteiger partial charge in [-0.15, -0.1) is 0 Å². The number of hydrogen-bond donors (Lipinski definition) is 2. The van der Waals surface area contributed by atoms with Crippen LogP contribution in [0.1, 0.15) is 38.9 Å². The van der Waals surface area contributed by atoms with Crippen LogP contribution in [0.4, 0.5) is 0 Å². The van der Waals surface area contributed by atoms with Gasteiger partial charge in [0.25, 0.3) is 5.91 Å². The molecule has 0 bridgehead atoms. The average molecular weight is 640 g/mol. The Kier molecular flexibility index (Phi) is 8.68. The molecule has 2 N–H and O–H groups in total. The number of carbonyl (C=O) groups excluding carboxylic acids is 3. The fourth-order valence-electron chi connectivity index (χ4n) is 4.56. The molecule has 10 heteroatoms. The number of benzene rings is 4. The lowest BCUT2D eigenvalue weighted by Crippen LogP contribution is -2.19. The van der Waals surface area contributed by atoms with Crippen LogP contribution in [-0.2, 0) is 4.79 Å². The first-order valence-corrected chi connectivity index (χ1v) is 13.9. The molecule has 4 aromatic carbocycles. The van der Waals surface area contributed by atoms with E-state index in [0.29, 0.717) is 15.7 Å². The third-order valence-corrected chi connectivity index (χ3v) is 7.02. The zero-order chi connectivity index (χ0) is 30.5. The predicted octanol–water partition coefficient (Wildman–Crippen LogP) is 6.82. The number of amides is 1. The van der Waals surface area contributed by atoms with E-state index in [1.807, 2.05) is 55.5 Å². The Morgan fingerprint density at radius 2 is 1.65 bits per heavy atom. The highest BCUT2D eigenvalue weighted by Crippen LogP contribution is 2.34. The fourth-order valence-corrected chi connectivity index (χ4v) is 4.94. The van der Waals surface area contributed by atoms with E-state index in [4.69, 9.17) is 14.2 Å². The van der Waals surface area contributed by atoms with Crippen molar-refractivity contribution in [1.29, 1.82) is 0 Å².